The van der Waals surface area contributed by atoms with E-state index in [2.05, 4.69) is 45.9 Å². The van der Waals surface area contributed by atoms with Crippen molar-refractivity contribution < 1.29 is 19.4 Å². The monoisotopic (exact) mass is 541 g/mol. The molecule has 15 nitrogen and oxygen atoms in total. The predicted octanol–water partition coefficient (Wildman–Crippen LogP) is 1.16. The molecule has 198 valence electrons. The highest BCUT2D eigenvalue weighted by Gasteiger charge is 2.48. The molecule has 0 saturated carbocycles. The Bertz CT molecular complexity index is 1420. The van der Waals surface area contributed by atoms with Gasteiger partial charge in [-0.25, -0.2) is 15.0 Å². The van der Waals surface area contributed by atoms with Gasteiger partial charge in [0.15, 0.2) is 23.2 Å². The molecule has 1 aromatic carbocycles. The number of rotatable bonds is 9. The van der Waals surface area contributed by atoms with E-state index in [1.807, 2.05) is 0 Å². The topological polar surface area (TPSA) is 197 Å². The van der Waals surface area contributed by atoms with Gasteiger partial charge in [-0.15, -0.1) is 0 Å². The molecule has 4 atom stereocenters. The Morgan fingerprint density at radius 2 is 2.29 bits per heavy atom. The minimum absolute atomic E-state index is 0.314. The lowest BCUT2D eigenvalue weighted by Crippen LogP contribution is -2.40. The van der Waals surface area contributed by atoms with Gasteiger partial charge in [-0.3, -0.25) is 14.4 Å². The van der Waals surface area contributed by atoms with E-state index in [0.29, 0.717) is 40.9 Å². The van der Waals surface area contributed by atoms with Crippen molar-refractivity contribution in [1.29, 1.82) is 0 Å². The summed E-state index contributed by atoms with van der Waals surface area (Å²) in [6.45, 7) is 2.15. The van der Waals surface area contributed by atoms with Crippen LogP contribution in [0.4, 0.5) is 5.82 Å². The van der Waals surface area contributed by atoms with Gasteiger partial charge in [-0.1, -0.05) is 16.7 Å². The van der Waals surface area contributed by atoms with E-state index < -0.39 is 30.4 Å². The van der Waals surface area contributed by atoms with E-state index in [0.717, 1.165) is 24.5 Å². The molecule has 5 rings (SSSR count). The number of ether oxygens (including phenoxy) is 2. The minimum atomic E-state index is -1.32. The Balaban J connectivity index is 1.37. The summed E-state index contributed by atoms with van der Waals surface area (Å²) < 4.78 is 13.2. The molecule has 0 unspecified atom stereocenters. The first-order valence-electron chi connectivity index (χ1n) is 11.7. The van der Waals surface area contributed by atoms with Gasteiger partial charge in [0.05, 0.1) is 12.9 Å². The maximum atomic E-state index is 12.2. The summed E-state index contributed by atoms with van der Waals surface area (Å²) in [5, 5.41) is 23.8. The zero-order valence-electron chi connectivity index (χ0n) is 20.2. The number of amides is 1. The average molecular weight is 542 g/mol. The standard InChI is InChI=1S/C22H24ClN11O4/c1-25-21(36)18-15(32-33-24)17(35)22(38-18)34-10-31-16-19(29-9-30-20(16)34)28-7-11-6-12(23)2-3-13(11)37-8-14-26-4-5-27-14/h2-3,6,9-10,15,17-18,22,35H,4-5,7-8H2,1H3,(H,25,36)(H,26,27)(H,28,29,30)/t15-,17+,18-,22+/m0/s1. The van der Waals surface area contributed by atoms with Crippen LogP contribution in [-0.2, 0) is 16.1 Å². The normalized spacial score (nSPS) is 22.4. The van der Waals surface area contributed by atoms with E-state index >= 15 is 0 Å². The first-order valence-corrected chi connectivity index (χ1v) is 12.1. The predicted molar refractivity (Wildman–Crippen MR) is 137 cm³/mol. The fraction of sp³-hybridized carbons (Fsp3) is 0.409. The number of benzene rings is 1. The molecule has 38 heavy (non-hydrogen) atoms. The van der Waals surface area contributed by atoms with Crippen molar-refractivity contribution in [3.05, 3.63) is 51.9 Å². The summed E-state index contributed by atoms with van der Waals surface area (Å²) >= 11 is 6.23. The van der Waals surface area contributed by atoms with E-state index in [4.69, 9.17) is 26.6 Å². The Hall–Kier alpha value is -4.17. The van der Waals surface area contributed by atoms with Crippen LogP contribution in [0.15, 0.2) is 41.0 Å². The molecular weight excluding hydrogens is 518 g/mol. The number of hydrogen-bond donors (Lipinski definition) is 4. The molecule has 16 heteroatoms. The number of azide groups is 1. The third-order valence-corrected chi connectivity index (χ3v) is 6.37. The lowest BCUT2D eigenvalue weighted by molar-refractivity contribution is -0.134. The van der Waals surface area contributed by atoms with Gasteiger partial charge in [0.2, 0.25) is 5.91 Å². The second-order valence-electron chi connectivity index (χ2n) is 8.44. The van der Waals surface area contributed by atoms with Gasteiger partial charge < -0.3 is 30.5 Å². The van der Waals surface area contributed by atoms with Crippen molar-refractivity contribution in [2.75, 3.05) is 32.1 Å². The summed E-state index contributed by atoms with van der Waals surface area (Å²) in [6.07, 6.45) is -0.812. The molecule has 2 aromatic heterocycles. The number of carbonyl (C=O) groups excluding carboxylic acids is 1. The minimum Gasteiger partial charge on any atom is -0.485 e. The van der Waals surface area contributed by atoms with Gasteiger partial charge >= 0.3 is 0 Å². The van der Waals surface area contributed by atoms with Crippen LogP contribution in [0.5, 0.6) is 5.75 Å². The fourth-order valence-corrected chi connectivity index (χ4v) is 4.49. The number of likely N-dealkylation sites (N-methyl/N-ethyl adjacent to an activating group) is 1. The van der Waals surface area contributed by atoms with Crippen molar-refractivity contribution in [1.82, 2.24) is 30.2 Å². The number of fused-ring (bicyclic) bond motifs is 1. The highest BCUT2D eigenvalue weighted by atomic mass is 35.5. The van der Waals surface area contributed by atoms with Crippen LogP contribution in [0.1, 0.15) is 11.8 Å². The van der Waals surface area contributed by atoms with Gasteiger partial charge in [-0.2, -0.15) is 0 Å². The number of imidazole rings is 1. The van der Waals surface area contributed by atoms with Crippen molar-refractivity contribution in [2.24, 2.45) is 10.1 Å². The molecule has 4 N–H and O–H groups in total. The fourth-order valence-electron chi connectivity index (χ4n) is 4.30. The average Bonchev–Trinajstić information content (AvgIpc) is 3.67. The molecule has 0 aliphatic carbocycles. The lowest BCUT2D eigenvalue weighted by Gasteiger charge is -2.17. The molecule has 0 bridgehead atoms. The molecule has 1 saturated heterocycles. The number of hydrogen-bond acceptors (Lipinski definition) is 11. The van der Waals surface area contributed by atoms with E-state index in [-0.39, 0.29) is 0 Å². The summed E-state index contributed by atoms with van der Waals surface area (Å²) in [6, 6.07) is 4.20. The molecule has 3 aromatic rings. The number of anilines is 1. The van der Waals surface area contributed by atoms with Gasteiger partial charge in [-0.05, 0) is 23.7 Å². The van der Waals surface area contributed by atoms with Crippen LogP contribution in [0, 0.1) is 0 Å². The Kier molecular flexibility index (Phi) is 7.42. The third-order valence-electron chi connectivity index (χ3n) is 6.14. The van der Waals surface area contributed by atoms with Gasteiger partial charge in [0, 0.05) is 35.6 Å². The van der Waals surface area contributed by atoms with Crippen LogP contribution in [0.3, 0.4) is 0 Å². The molecule has 2 aliphatic rings. The number of carbonyl (C=O) groups is 1. The Morgan fingerprint density at radius 3 is 3.05 bits per heavy atom. The lowest BCUT2D eigenvalue weighted by atomic mass is 10.1. The number of aliphatic hydroxyl groups excluding tert-OH is 1. The maximum absolute atomic E-state index is 12.2. The van der Waals surface area contributed by atoms with Gasteiger partial charge in [0.25, 0.3) is 0 Å². The summed E-state index contributed by atoms with van der Waals surface area (Å²) in [7, 11) is 1.42. The summed E-state index contributed by atoms with van der Waals surface area (Å²) in [5.74, 6) is 1.32. The molecular formula is C22H24ClN11O4. The molecule has 0 radical (unpaired) electrons. The Labute approximate surface area is 220 Å². The zero-order chi connectivity index (χ0) is 26.6. The number of aliphatic hydroxyl groups is 1. The van der Waals surface area contributed by atoms with E-state index in [9.17, 15) is 9.90 Å². The number of amidine groups is 1. The highest BCUT2D eigenvalue weighted by molar-refractivity contribution is 6.30. The molecule has 2 aliphatic heterocycles. The number of aromatic nitrogens is 4. The first-order chi connectivity index (χ1) is 18.5. The quantitative estimate of drug-likeness (QED) is 0.174. The second kappa shape index (κ2) is 11.1. The van der Waals surface area contributed by atoms with Crippen LogP contribution >= 0.6 is 11.6 Å². The number of nitrogens with zero attached hydrogens (tertiary/aromatic N) is 8. The Morgan fingerprint density at radius 1 is 1.42 bits per heavy atom. The number of aliphatic imine (C=N–C) groups is 1. The zero-order valence-corrected chi connectivity index (χ0v) is 20.9. The highest BCUT2D eigenvalue weighted by Crippen LogP contribution is 2.34. The first kappa shape index (κ1) is 25.5. The summed E-state index contributed by atoms with van der Waals surface area (Å²) in [5.41, 5.74) is 10.4. The van der Waals surface area contributed by atoms with Crippen molar-refractivity contribution >= 4 is 40.3 Å². The van der Waals surface area contributed by atoms with Crippen molar-refractivity contribution in [3.63, 3.8) is 0 Å². The SMILES string of the molecule is CNC(=O)[C@H]1O[C@@H](n2cnc3c(NCc4cc(Cl)ccc4OCC4=NCCN4)ncnc32)[C@H](O)[C@@H]1N=[N+]=[N-]. The van der Waals surface area contributed by atoms with E-state index in [1.54, 1.807) is 18.2 Å². The second-order valence-corrected chi connectivity index (χ2v) is 8.88. The van der Waals surface area contributed by atoms with Crippen molar-refractivity contribution in [3.8, 4) is 5.75 Å². The number of nitrogens with one attached hydrogen (secondary N) is 3. The molecule has 4 heterocycles. The van der Waals surface area contributed by atoms with Crippen LogP contribution in [-0.4, -0.2) is 81.4 Å². The van der Waals surface area contributed by atoms with Gasteiger partial charge in [0.1, 0.15) is 42.8 Å². The third kappa shape index (κ3) is 4.99. The molecule has 1 amide bonds. The smallest absolute Gasteiger partial charge is 0.249 e. The van der Waals surface area contributed by atoms with Crippen molar-refractivity contribution in [2.45, 2.75) is 31.0 Å². The van der Waals surface area contributed by atoms with E-state index in [1.165, 1.54) is 24.3 Å². The van der Waals surface area contributed by atoms with Crippen LogP contribution < -0.4 is 20.7 Å². The molecule has 0 spiro atoms. The molecule has 1 fully saturated rings. The summed E-state index contributed by atoms with van der Waals surface area (Å²) in [4.78, 5) is 32.3. The maximum Gasteiger partial charge on any atom is 0.249 e. The largest absolute Gasteiger partial charge is 0.485 e. The van der Waals surface area contributed by atoms with Crippen LogP contribution in [0.2, 0.25) is 5.02 Å². The number of halogens is 1. The van der Waals surface area contributed by atoms with Crippen LogP contribution in [0.25, 0.3) is 21.6 Å².